The molecule has 0 aliphatic heterocycles. The third-order valence-electron chi connectivity index (χ3n) is 3.93. The second-order valence-electron chi connectivity index (χ2n) is 5.29. The number of hydrogen-bond donors (Lipinski definition) is 2. The van der Waals surface area contributed by atoms with Crippen LogP contribution in [0.15, 0.2) is 40.9 Å². The van der Waals surface area contributed by atoms with Crippen molar-refractivity contribution >= 4 is 32.4 Å². The highest BCUT2D eigenvalue weighted by molar-refractivity contribution is 9.10. The van der Waals surface area contributed by atoms with Gasteiger partial charge in [0, 0.05) is 21.6 Å². The summed E-state index contributed by atoms with van der Waals surface area (Å²) in [6.45, 7) is 0. The first-order valence-corrected chi connectivity index (χ1v) is 7.65. The van der Waals surface area contributed by atoms with E-state index in [-0.39, 0.29) is 6.10 Å². The zero-order valence-electron chi connectivity index (χ0n) is 10.8. The second-order valence-corrected chi connectivity index (χ2v) is 6.14. The third-order valence-corrected chi connectivity index (χ3v) is 4.62. The molecule has 0 radical (unpaired) electrons. The summed E-state index contributed by atoms with van der Waals surface area (Å²) in [5, 5.41) is 15.7. The lowest BCUT2D eigenvalue weighted by Gasteiger charge is -2.27. The van der Waals surface area contributed by atoms with Crippen molar-refractivity contribution in [3.63, 3.8) is 0 Å². The molecule has 0 heterocycles. The van der Waals surface area contributed by atoms with Crippen molar-refractivity contribution in [1.82, 2.24) is 0 Å². The highest BCUT2D eigenvalue weighted by Crippen LogP contribution is 2.31. The van der Waals surface area contributed by atoms with Gasteiger partial charge in [0.05, 0.1) is 6.10 Å². The van der Waals surface area contributed by atoms with Crippen molar-refractivity contribution in [2.45, 2.75) is 37.8 Å². The standard InChI is InChI=1S/C16H18BrNO/c17-15-9-10-16(14-4-2-1-3-13(14)15)18-11-5-7-12(19)8-6-11/h1-4,9-12,18-19H,5-8H2. The van der Waals surface area contributed by atoms with Gasteiger partial charge in [-0.05, 0) is 43.2 Å². The summed E-state index contributed by atoms with van der Waals surface area (Å²) < 4.78 is 1.13. The van der Waals surface area contributed by atoms with Crippen molar-refractivity contribution in [3.05, 3.63) is 40.9 Å². The van der Waals surface area contributed by atoms with Crippen LogP contribution in [0.5, 0.6) is 0 Å². The molecule has 1 aliphatic carbocycles. The number of rotatable bonds is 2. The molecule has 2 N–H and O–H groups in total. The molecule has 0 bridgehead atoms. The quantitative estimate of drug-likeness (QED) is 0.864. The first-order chi connectivity index (χ1) is 9.24. The second kappa shape index (κ2) is 5.51. The molecule has 100 valence electrons. The molecule has 0 aromatic heterocycles. The molecular weight excluding hydrogens is 302 g/mol. The van der Waals surface area contributed by atoms with Crippen molar-refractivity contribution in [2.24, 2.45) is 0 Å². The lowest BCUT2D eigenvalue weighted by molar-refractivity contribution is 0.126. The van der Waals surface area contributed by atoms with Gasteiger partial charge in [0.25, 0.3) is 0 Å². The fourth-order valence-electron chi connectivity index (χ4n) is 2.83. The number of halogens is 1. The van der Waals surface area contributed by atoms with Crippen LogP contribution >= 0.6 is 15.9 Å². The third kappa shape index (κ3) is 2.77. The van der Waals surface area contributed by atoms with E-state index in [1.165, 1.54) is 16.5 Å². The number of nitrogens with one attached hydrogen (secondary N) is 1. The Labute approximate surface area is 122 Å². The average molecular weight is 320 g/mol. The smallest absolute Gasteiger partial charge is 0.0541 e. The normalized spacial score (nSPS) is 23.5. The van der Waals surface area contributed by atoms with Crippen molar-refractivity contribution < 1.29 is 5.11 Å². The molecule has 19 heavy (non-hydrogen) atoms. The molecule has 2 nitrogen and oxygen atoms in total. The molecule has 3 heteroatoms. The molecule has 2 aromatic rings. The Morgan fingerprint density at radius 1 is 0.947 bits per heavy atom. The number of aliphatic hydroxyl groups excluding tert-OH is 1. The summed E-state index contributed by atoms with van der Waals surface area (Å²) in [6, 6.07) is 13.1. The predicted octanol–water partition coefficient (Wildman–Crippen LogP) is 4.32. The van der Waals surface area contributed by atoms with Gasteiger partial charge in [-0.1, -0.05) is 40.2 Å². The number of benzene rings is 2. The van der Waals surface area contributed by atoms with Crippen LogP contribution in [0.3, 0.4) is 0 Å². The zero-order chi connectivity index (χ0) is 13.2. The minimum Gasteiger partial charge on any atom is -0.393 e. The van der Waals surface area contributed by atoms with E-state index in [1.807, 2.05) is 0 Å². The van der Waals surface area contributed by atoms with E-state index >= 15 is 0 Å². The minimum absolute atomic E-state index is 0.0975. The number of hydrogen-bond acceptors (Lipinski definition) is 2. The molecule has 0 atom stereocenters. The first-order valence-electron chi connectivity index (χ1n) is 6.86. The van der Waals surface area contributed by atoms with Gasteiger partial charge in [-0.15, -0.1) is 0 Å². The summed E-state index contributed by atoms with van der Waals surface area (Å²) in [7, 11) is 0. The summed E-state index contributed by atoms with van der Waals surface area (Å²) in [4.78, 5) is 0. The van der Waals surface area contributed by atoms with Crippen LogP contribution in [-0.2, 0) is 0 Å². The number of aliphatic hydroxyl groups is 1. The van der Waals surface area contributed by atoms with E-state index in [0.717, 1.165) is 30.2 Å². The van der Waals surface area contributed by atoms with Crippen LogP contribution in [0, 0.1) is 0 Å². The molecule has 2 aromatic carbocycles. The van der Waals surface area contributed by atoms with Gasteiger partial charge in [0.15, 0.2) is 0 Å². The molecule has 3 rings (SSSR count). The highest BCUT2D eigenvalue weighted by Gasteiger charge is 2.19. The van der Waals surface area contributed by atoms with E-state index < -0.39 is 0 Å². The topological polar surface area (TPSA) is 32.3 Å². The maximum absolute atomic E-state index is 9.57. The van der Waals surface area contributed by atoms with Gasteiger partial charge in [0.2, 0.25) is 0 Å². The summed E-state index contributed by atoms with van der Waals surface area (Å²) in [6.07, 6.45) is 3.81. The van der Waals surface area contributed by atoms with Crippen LogP contribution in [0.2, 0.25) is 0 Å². The Balaban J connectivity index is 1.87. The zero-order valence-corrected chi connectivity index (χ0v) is 12.4. The molecule has 1 aliphatic rings. The Morgan fingerprint density at radius 2 is 1.63 bits per heavy atom. The molecule has 0 spiro atoms. The van der Waals surface area contributed by atoms with Gasteiger partial charge in [-0.25, -0.2) is 0 Å². The molecule has 0 saturated heterocycles. The molecule has 0 amide bonds. The van der Waals surface area contributed by atoms with E-state index in [0.29, 0.717) is 6.04 Å². The fourth-order valence-corrected chi connectivity index (χ4v) is 3.31. The first kappa shape index (κ1) is 12.9. The number of fused-ring (bicyclic) bond motifs is 1. The van der Waals surface area contributed by atoms with E-state index in [1.54, 1.807) is 0 Å². The maximum Gasteiger partial charge on any atom is 0.0541 e. The summed E-state index contributed by atoms with van der Waals surface area (Å²) >= 11 is 3.60. The predicted molar refractivity (Wildman–Crippen MR) is 83.5 cm³/mol. The Morgan fingerprint density at radius 3 is 2.37 bits per heavy atom. The maximum atomic E-state index is 9.57. The van der Waals surface area contributed by atoms with Crippen molar-refractivity contribution in [1.29, 1.82) is 0 Å². The average Bonchev–Trinajstić information content (AvgIpc) is 2.45. The molecule has 0 unspecified atom stereocenters. The van der Waals surface area contributed by atoms with E-state index in [4.69, 9.17) is 0 Å². The van der Waals surface area contributed by atoms with Crippen LogP contribution < -0.4 is 5.32 Å². The summed E-state index contributed by atoms with van der Waals surface area (Å²) in [5.41, 5.74) is 1.19. The molecule has 1 fully saturated rings. The Hall–Kier alpha value is -1.06. The van der Waals surface area contributed by atoms with E-state index in [9.17, 15) is 5.11 Å². The largest absolute Gasteiger partial charge is 0.393 e. The van der Waals surface area contributed by atoms with Crippen molar-refractivity contribution in [3.8, 4) is 0 Å². The SMILES string of the molecule is OC1CCC(Nc2ccc(Br)c3ccccc23)CC1. The van der Waals surface area contributed by atoms with E-state index in [2.05, 4.69) is 57.6 Å². The minimum atomic E-state index is -0.0975. The lowest BCUT2D eigenvalue weighted by Crippen LogP contribution is -2.28. The highest BCUT2D eigenvalue weighted by atomic mass is 79.9. The summed E-state index contributed by atoms with van der Waals surface area (Å²) in [5.74, 6) is 0. The van der Waals surface area contributed by atoms with Crippen LogP contribution in [0.4, 0.5) is 5.69 Å². The Kier molecular flexibility index (Phi) is 3.76. The molecular formula is C16H18BrNO. The van der Waals surface area contributed by atoms with Crippen LogP contribution in [0.25, 0.3) is 10.8 Å². The number of anilines is 1. The lowest BCUT2D eigenvalue weighted by atomic mass is 9.92. The Bertz CT molecular complexity index is 576. The van der Waals surface area contributed by atoms with Gasteiger partial charge in [-0.2, -0.15) is 0 Å². The van der Waals surface area contributed by atoms with Crippen LogP contribution in [0.1, 0.15) is 25.7 Å². The van der Waals surface area contributed by atoms with Gasteiger partial charge in [0.1, 0.15) is 0 Å². The van der Waals surface area contributed by atoms with Crippen molar-refractivity contribution in [2.75, 3.05) is 5.32 Å². The fraction of sp³-hybridized carbons (Fsp3) is 0.375. The van der Waals surface area contributed by atoms with Gasteiger partial charge >= 0.3 is 0 Å². The van der Waals surface area contributed by atoms with Gasteiger partial charge in [-0.3, -0.25) is 0 Å². The monoisotopic (exact) mass is 319 g/mol. The van der Waals surface area contributed by atoms with Gasteiger partial charge < -0.3 is 10.4 Å². The van der Waals surface area contributed by atoms with Crippen LogP contribution in [-0.4, -0.2) is 17.3 Å². The molecule has 1 saturated carbocycles.